The van der Waals surface area contributed by atoms with Gasteiger partial charge >= 0.3 is 5.97 Å². The van der Waals surface area contributed by atoms with Gasteiger partial charge in [-0.25, -0.2) is 0 Å². The number of aliphatic carboxylic acids is 1. The summed E-state index contributed by atoms with van der Waals surface area (Å²) in [4.78, 5) is 22.9. The molecule has 20 heavy (non-hydrogen) atoms. The Morgan fingerprint density at radius 1 is 1.45 bits per heavy atom. The second-order valence-electron chi connectivity index (χ2n) is 5.57. The lowest BCUT2D eigenvalue weighted by Crippen LogP contribution is -2.37. The molecule has 1 aliphatic rings. The molecule has 1 saturated carbocycles. The van der Waals surface area contributed by atoms with E-state index < -0.39 is 5.97 Å². The Kier molecular flexibility index (Phi) is 4.82. The Labute approximate surface area is 118 Å². The molecule has 1 aromatic heterocycles. The molecular weight excluding hydrogens is 258 g/mol. The summed E-state index contributed by atoms with van der Waals surface area (Å²) in [6, 6.07) is 3.84. The van der Waals surface area contributed by atoms with Gasteiger partial charge in [0, 0.05) is 18.4 Å². The van der Waals surface area contributed by atoms with Gasteiger partial charge in [-0.1, -0.05) is 0 Å². The van der Waals surface area contributed by atoms with Gasteiger partial charge in [-0.15, -0.1) is 0 Å². The molecule has 0 aliphatic heterocycles. The van der Waals surface area contributed by atoms with Crippen LogP contribution in [0.4, 0.5) is 0 Å². The van der Waals surface area contributed by atoms with E-state index >= 15 is 0 Å². The fraction of sp³-hybridized carbons (Fsp3) is 0.600. The van der Waals surface area contributed by atoms with Crippen molar-refractivity contribution in [2.24, 2.45) is 11.8 Å². The molecule has 2 N–H and O–H groups in total. The third-order valence-corrected chi connectivity index (χ3v) is 3.95. The van der Waals surface area contributed by atoms with Crippen LogP contribution in [0.5, 0.6) is 0 Å². The number of furan rings is 1. The van der Waals surface area contributed by atoms with Crippen LogP contribution in [-0.4, -0.2) is 23.0 Å². The number of nitrogens with one attached hydrogen (secondary N) is 1. The third-order valence-electron chi connectivity index (χ3n) is 3.95. The molecule has 0 spiro atoms. The minimum Gasteiger partial charge on any atom is -0.481 e. The number of carboxylic acid groups (broad SMARTS) is 1. The Balaban J connectivity index is 1.72. The molecule has 0 saturated heterocycles. The van der Waals surface area contributed by atoms with Crippen molar-refractivity contribution in [2.45, 2.75) is 45.1 Å². The van der Waals surface area contributed by atoms with Crippen LogP contribution in [0.3, 0.4) is 0 Å². The number of carbonyl (C=O) groups is 2. The second kappa shape index (κ2) is 6.59. The van der Waals surface area contributed by atoms with Gasteiger partial charge in [-0.3, -0.25) is 9.59 Å². The molecular formula is C15H21NO4. The minimum absolute atomic E-state index is 0.0132. The molecule has 0 aromatic carbocycles. The lowest BCUT2D eigenvalue weighted by molar-refractivity contribution is -0.141. The first-order valence-electron chi connectivity index (χ1n) is 7.12. The van der Waals surface area contributed by atoms with Crippen LogP contribution < -0.4 is 5.32 Å². The maximum atomic E-state index is 12.1. The lowest BCUT2D eigenvalue weighted by Gasteiger charge is -2.16. The summed E-state index contributed by atoms with van der Waals surface area (Å²) in [7, 11) is 0. The highest BCUT2D eigenvalue weighted by Crippen LogP contribution is 2.31. The molecule has 5 nitrogen and oxygen atoms in total. The summed E-state index contributed by atoms with van der Waals surface area (Å²) in [5.41, 5.74) is 0. The smallest absolute Gasteiger partial charge is 0.306 e. The van der Waals surface area contributed by atoms with Gasteiger partial charge in [0.15, 0.2) is 0 Å². The summed E-state index contributed by atoms with van der Waals surface area (Å²) in [6.07, 6.45) is 4.99. The predicted molar refractivity (Wildman–Crippen MR) is 73.1 cm³/mol. The monoisotopic (exact) mass is 279 g/mol. The molecule has 1 heterocycles. The predicted octanol–water partition coefficient (Wildman–Crippen LogP) is 2.22. The van der Waals surface area contributed by atoms with E-state index in [9.17, 15) is 9.59 Å². The van der Waals surface area contributed by atoms with Crippen molar-refractivity contribution < 1.29 is 19.1 Å². The van der Waals surface area contributed by atoms with Crippen LogP contribution in [0.2, 0.25) is 0 Å². The van der Waals surface area contributed by atoms with Gasteiger partial charge < -0.3 is 14.8 Å². The summed E-state index contributed by atoms with van der Waals surface area (Å²) < 4.78 is 5.25. The fourth-order valence-electron chi connectivity index (χ4n) is 2.69. The highest BCUT2D eigenvalue weighted by atomic mass is 16.4. The lowest BCUT2D eigenvalue weighted by atomic mass is 10.0. The zero-order valence-electron chi connectivity index (χ0n) is 11.7. The average molecular weight is 279 g/mol. The average Bonchev–Trinajstić information content (AvgIpc) is 3.07. The molecule has 0 radical (unpaired) electrons. The largest absolute Gasteiger partial charge is 0.481 e. The first kappa shape index (κ1) is 14.6. The molecule has 110 valence electrons. The fourth-order valence-corrected chi connectivity index (χ4v) is 2.69. The number of aryl methyl sites for hydroxylation is 1. The van der Waals surface area contributed by atoms with Gasteiger partial charge in [0.05, 0.1) is 12.2 Å². The van der Waals surface area contributed by atoms with Crippen LogP contribution in [0.25, 0.3) is 0 Å². The zero-order valence-corrected chi connectivity index (χ0v) is 11.7. The highest BCUT2D eigenvalue weighted by molar-refractivity contribution is 5.81. The minimum atomic E-state index is -0.786. The van der Waals surface area contributed by atoms with Gasteiger partial charge in [-0.05, 0) is 44.7 Å². The molecule has 5 heteroatoms. The first-order valence-corrected chi connectivity index (χ1v) is 7.12. The van der Waals surface area contributed by atoms with Gasteiger partial charge in [0.25, 0.3) is 0 Å². The number of rotatable bonds is 6. The van der Waals surface area contributed by atoms with Crippen molar-refractivity contribution in [2.75, 3.05) is 0 Å². The van der Waals surface area contributed by atoms with Crippen LogP contribution in [0, 0.1) is 11.8 Å². The number of hydrogen-bond acceptors (Lipinski definition) is 3. The maximum Gasteiger partial charge on any atom is 0.306 e. The zero-order chi connectivity index (χ0) is 14.5. The van der Waals surface area contributed by atoms with E-state index in [1.54, 1.807) is 6.26 Å². The second-order valence-corrected chi connectivity index (χ2v) is 5.57. The topological polar surface area (TPSA) is 79.5 Å². The van der Waals surface area contributed by atoms with Crippen molar-refractivity contribution in [3.63, 3.8) is 0 Å². The standard InChI is InChI=1S/C15H21NO4/c1-10(4-7-13-3-2-8-20-13)16-14(17)11-5-6-12(9-11)15(18)19/h2-3,8,10-12H,4-7,9H2,1H3,(H,16,17)(H,18,19). The molecule has 1 fully saturated rings. The van der Waals surface area contributed by atoms with Crippen molar-refractivity contribution in [1.29, 1.82) is 0 Å². The van der Waals surface area contributed by atoms with Crippen molar-refractivity contribution in [3.8, 4) is 0 Å². The van der Waals surface area contributed by atoms with E-state index in [1.807, 2.05) is 19.1 Å². The molecule has 1 aromatic rings. The summed E-state index contributed by atoms with van der Waals surface area (Å²) >= 11 is 0. The summed E-state index contributed by atoms with van der Waals surface area (Å²) in [5.74, 6) is -0.392. The molecule has 1 amide bonds. The van der Waals surface area contributed by atoms with E-state index in [4.69, 9.17) is 9.52 Å². The maximum absolute atomic E-state index is 12.1. The molecule has 1 aliphatic carbocycles. The van der Waals surface area contributed by atoms with Crippen LogP contribution >= 0.6 is 0 Å². The van der Waals surface area contributed by atoms with Crippen molar-refractivity contribution in [1.82, 2.24) is 5.32 Å². The Morgan fingerprint density at radius 3 is 2.80 bits per heavy atom. The van der Waals surface area contributed by atoms with E-state index in [0.29, 0.717) is 19.3 Å². The Hall–Kier alpha value is -1.78. The number of carboxylic acids is 1. The SMILES string of the molecule is CC(CCc1ccco1)NC(=O)C1CCC(C(=O)O)C1. The number of amides is 1. The van der Waals surface area contributed by atoms with E-state index in [2.05, 4.69) is 5.32 Å². The Bertz CT molecular complexity index is 454. The van der Waals surface area contributed by atoms with Crippen LogP contribution in [-0.2, 0) is 16.0 Å². The van der Waals surface area contributed by atoms with E-state index in [0.717, 1.165) is 18.6 Å². The van der Waals surface area contributed by atoms with Crippen LogP contribution in [0.1, 0.15) is 38.4 Å². The van der Waals surface area contributed by atoms with Crippen LogP contribution in [0.15, 0.2) is 22.8 Å². The summed E-state index contributed by atoms with van der Waals surface area (Å²) in [5, 5.41) is 11.9. The number of hydrogen-bond donors (Lipinski definition) is 2. The summed E-state index contributed by atoms with van der Waals surface area (Å²) in [6.45, 7) is 1.96. The molecule has 0 bridgehead atoms. The van der Waals surface area contributed by atoms with Gasteiger partial charge in [-0.2, -0.15) is 0 Å². The number of carbonyl (C=O) groups excluding carboxylic acids is 1. The van der Waals surface area contributed by atoms with E-state index in [-0.39, 0.29) is 23.8 Å². The highest BCUT2D eigenvalue weighted by Gasteiger charge is 2.34. The third kappa shape index (κ3) is 3.85. The first-order chi connectivity index (χ1) is 9.56. The normalized spacial score (nSPS) is 23.4. The quantitative estimate of drug-likeness (QED) is 0.836. The van der Waals surface area contributed by atoms with Crippen molar-refractivity contribution >= 4 is 11.9 Å². The van der Waals surface area contributed by atoms with Gasteiger partial charge in [0.2, 0.25) is 5.91 Å². The van der Waals surface area contributed by atoms with Gasteiger partial charge in [0.1, 0.15) is 5.76 Å². The Morgan fingerprint density at radius 2 is 2.20 bits per heavy atom. The molecule has 3 unspecified atom stereocenters. The molecule has 2 rings (SSSR count). The van der Waals surface area contributed by atoms with E-state index in [1.165, 1.54) is 0 Å². The van der Waals surface area contributed by atoms with Crippen molar-refractivity contribution in [3.05, 3.63) is 24.2 Å². The molecule has 3 atom stereocenters.